The van der Waals surface area contributed by atoms with E-state index in [4.69, 9.17) is 14.9 Å². The number of nitrogens with two attached hydrogens (primary N) is 1. The van der Waals surface area contributed by atoms with Crippen molar-refractivity contribution < 1.29 is 28.2 Å². The van der Waals surface area contributed by atoms with E-state index in [0.717, 1.165) is 0 Å². The van der Waals surface area contributed by atoms with Crippen LogP contribution in [0.25, 0.3) is 11.0 Å². The maximum Gasteiger partial charge on any atom is 0.256 e. The third kappa shape index (κ3) is 3.67. The number of hydrogen-bond acceptors (Lipinski definition) is 6. The van der Waals surface area contributed by atoms with Crippen LogP contribution in [-0.2, 0) is 18.4 Å². The molecular formula is C18H19FN4O5. The summed E-state index contributed by atoms with van der Waals surface area (Å²) in [5.74, 6) is -1.39. The number of hydrogen-bond donors (Lipinski definition) is 3. The van der Waals surface area contributed by atoms with E-state index in [1.165, 1.54) is 10.9 Å². The second-order valence-electron chi connectivity index (χ2n) is 6.18. The number of carbonyl (C=O) groups excluding carboxylic acids is 2. The summed E-state index contributed by atoms with van der Waals surface area (Å²) in [6, 6.07) is 3.60. The highest BCUT2D eigenvalue weighted by molar-refractivity contribution is 6.08. The molecule has 2 aromatic heterocycles. The van der Waals surface area contributed by atoms with Crippen molar-refractivity contribution in [2.45, 2.75) is 19.6 Å². The Morgan fingerprint density at radius 3 is 2.82 bits per heavy atom. The van der Waals surface area contributed by atoms with E-state index in [0.29, 0.717) is 22.5 Å². The van der Waals surface area contributed by atoms with Gasteiger partial charge in [-0.25, -0.2) is 4.98 Å². The number of fused-ring (bicyclic) bond motifs is 1. The van der Waals surface area contributed by atoms with E-state index in [1.54, 1.807) is 32.2 Å². The number of primary amides is 1. The fourth-order valence-electron chi connectivity index (χ4n) is 2.75. The predicted molar refractivity (Wildman–Crippen MR) is 96.0 cm³/mol. The Hall–Kier alpha value is -3.40. The average Bonchev–Trinajstić information content (AvgIpc) is 3.15. The lowest BCUT2D eigenvalue weighted by Crippen LogP contribution is -2.46. The Labute approximate surface area is 158 Å². The lowest BCUT2D eigenvalue weighted by molar-refractivity contribution is -0.120. The normalized spacial score (nSPS) is 12.1. The Morgan fingerprint density at radius 2 is 2.21 bits per heavy atom. The molecule has 10 heteroatoms. The molecule has 0 bridgehead atoms. The molecule has 4 N–H and O–H groups in total. The summed E-state index contributed by atoms with van der Waals surface area (Å²) >= 11 is 0. The number of imidazole rings is 1. The van der Waals surface area contributed by atoms with Crippen molar-refractivity contribution in [1.29, 1.82) is 0 Å². The minimum absolute atomic E-state index is 0.0551. The Morgan fingerprint density at radius 1 is 1.46 bits per heavy atom. The molecule has 0 saturated carbocycles. The highest BCUT2D eigenvalue weighted by Crippen LogP contribution is 2.29. The van der Waals surface area contributed by atoms with Gasteiger partial charge in [0.2, 0.25) is 11.9 Å². The van der Waals surface area contributed by atoms with Gasteiger partial charge in [0.15, 0.2) is 0 Å². The summed E-state index contributed by atoms with van der Waals surface area (Å²) in [4.78, 5) is 27.4. The van der Waals surface area contributed by atoms with Gasteiger partial charge in [-0.05, 0) is 25.1 Å². The summed E-state index contributed by atoms with van der Waals surface area (Å²) in [5.41, 5.74) is 6.03. The number of furan rings is 1. The van der Waals surface area contributed by atoms with E-state index in [-0.39, 0.29) is 17.9 Å². The van der Waals surface area contributed by atoms with Crippen LogP contribution in [0.15, 0.2) is 28.9 Å². The molecule has 0 aliphatic heterocycles. The zero-order valence-corrected chi connectivity index (χ0v) is 15.2. The number of nitrogens with one attached hydrogen (secondary N) is 1. The standard InChI is InChI=1S/C18H19FN4O5/c1-9-15(18(26)22-12(6-24)17(20)25)11-5-10(3-4-14(11)28-9)27-7-13-16(19)21-8-23(13)2/h3-5,8,12,24H,6-7H2,1-2H3,(H2,20,25)(H,22,26). The first-order valence-electron chi connectivity index (χ1n) is 8.34. The molecule has 9 nitrogen and oxygen atoms in total. The van der Waals surface area contributed by atoms with Crippen LogP contribution in [-0.4, -0.2) is 39.1 Å². The smallest absolute Gasteiger partial charge is 0.256 e. The minimum atomic E-state index is -1.22. The van der Waals surface area contributed by atoms with Gasteiger partial charge >= 0.3 is 0 Å². The largest absolute Gasteiger partial charge is 0.487 e. The molecule has 0 saturated heterocycles. The minimum Gasteiger partial charge on any atom is -0.487 e. The SMILES string of the molecule is Cc1oc2ccc(OCc3c(F)ncn3C)cc2c1C(=O)NC(CO)C(N)=O. The lowest BCUT2D eigenvalue weighted by atomic mass is 10.1. The molecule has 0 aliphatic rings. The highest BCUT2D eigenvalue weighted by atomic mass is 19.1. The molecule has 3 rings (SSSR count). The van der Waals surface area contributed by atoms with E-state index in [9.17, 15) is 19.1 Å². The Bertz CT molecular complexity index is 1020. The zero-order valence-electron chi connectivity index (χ0n) is 15.2. The van der Waals surface area contributed by atoms with Crippen LogP contribution in [0.2, 0.25) is 0 Å². The number of aliphatic hydroxyl groups is 1. The van der Waals surface area contributed by atoms with Crippen LogP contribution in [0.5, 0.6) is 5.75 Å². The van der Waals surface area contributed by atoms with Gasteiger partial charge in [-0.2, -0.15) is 4.39 Å². The van der Waals surface area contributed by atoms with Gasteiger partial charge in [-0.3, -0.25) is 9.59 Å². The number of aryl methyl sites for hydroxylation is 2. The molecule has 1 unspecified atom stereocenters. The third-order valence-electron chi connectivity index (χ3n) is 4.28. The second-order valence-corrected chi connectivity index (χ2v) is 6.18. The first-order chi connectivity index (χ1) is 13.3. The summed E-state index contributed by atoms with van der Waals surface area (Å²) < 4.78 is 26.3. The number of ether oxygens (including phenoxy) is 1. The third-order valence-corrected chi connectivity index (χ3v) is 4.28. The van der Waals surface area contributed by atoms with Gasteiger partial charge in [0.05, 0.1) is 18.5 Å². The number of amides is 2. The summed E-state index contributed by atoms with van der Waals surface area (Å²) in [6.45, 7) is 0.916. The fourth-order valence-corrected chi connectivity index (χ4v) is 2.75. The van der Waals surface area contributed by atoms with Gasteiger partial charge in [0.25, 0.3) is 5.91 Å². The van der Waals surface area contributed by atoms with Crippen LogP contribution >= 0.6 is 0 Å². The molecular weight excluding hydrogens is 371 g/mol. The number of carbonyl (C=O) groups is 2. The fraction of sp³-hybridized carbons (Fsp3) is 0.278. The maximum atomic E-state index is 13.6. The molecule has 28 heavy (non-hydrogen) atoms. The summed E-state index contributed by atoms with van der Waals surface area (Å²) in [5, 5.41) is 12.0. The van der Waals surface area contributed by atoms with Crippen LogP contribution < -0.4 is 15.8 Å². The molecule has 1 atom stereocenters. The van der Waals surface area contributed by atoms with Crippen LogP contribution in [0.4, 0.5) is 4.39 Å². The van der Waals surface area contributed by atoms with Crippen LogP contribution in [0, 0.1) is 12.9 Å². The summed E-state index contributed by atoms with van der Waals surface area (Å²) in [6.07, 6.45) is 1.34. The maximum absolute atomic E-state index is 13.6. The predicted octanol–water partition coefficient (Wildman–Crippen LogP) is 0.769. The van der Waals surface area contributed by atoms with Gasteiger partial charge in [-0.1, -0.05) is 0 Å². The summed E-state index contributed by atoms with van der Waals surface area (Å²) in [7, 11) is 1.65. The quantitative estimate of drug-likeness (QED) is 0.546. The van der Waals surface area contributed by atoms with Gasteiger partial charge in [-0.15, -0.1) is 0 Å². The van der Waals surface area contributed by atoms with Crippen molar-refractivity contribution in [2.75, 3.05) is 6.61 Å². The zero-order chi connectivity index (χ0) is 20.4. The Balaban J connectivity index is 1.87. The van der Waals surface area contributed by atoms with Crippen molar-refractivity contribution in [3.63, 3.8) is 0 Å². The van der Waals surface area contributed by atoms with E-state index >= 15 is 0 Å². The Kier molecular flexibility index (Phi) is 5.32. The van der Waals surface area contributed by atoms with Crippen molar-refractivity contribution in [2.24, 2.45) is 12.8 Å². The average molecular weight is 390 g/mol. The molecule has 2 amide bonds. The number of nitrogens with zero attached hydrogens (tertiary/aromatic N) is 2. The molecule has 0 aliphatic carbocycles. The highest BCUT2D eigenvalue weighted by Gasteiger charge is 2.23. The van der Waals surface area contributed by atoms with Crippen LogP contribution in [0.1, 0.15) is 21.8 Å². The number of halogens is 1. The van der Waals surface area contributed by atoms with Crippen molar-refractivity contribution >= 4 is 22.8 Å². The van der Waals surface area contributed by atoms with Gasteiger partial charge < -0.3 is 29.9 Å². The topological polar surface area (TPSA) is 133 Å². The van der Waals surface area contributed by atoms with Crippen molar-refractivity contribution in [3.8, 4) is 5.75 Å². The van der Waals surface area contributed by atoms with E-state index in [1.807, 2.05) is 0 Å². The first kappa shape index (κ1) is 19.4. The molecule has 0 fully saturated rings. The molecule has 148 valence electrons. The van der Waals surface area contributed by atoms with E-state index in [2.05, 4.69) is 10.3 Å². The first-order valence-corrected chi connectivity index (χ1v) is 8.34. The van der Waals surface area contributed by atoms with Crippen molar-refractivity contribution in [3.05, 3.63) is 47.5 Å². The van der Waals surface area contributed by atoms with Gasteiger partial charge in [0.1, 0.15) is 35.4 Å². The molecule has 2 heterocycles. The lowest BCUT2D eigenvalue weighted by Gasteiger charge is -2.12. The molecule has 3 aromatic rings. The second kappa shape index (κ2) is 7.69. The van der Waals surface area contributed by atoms with Crippen LogP contribution in [0.3, 0.4) is 0 Å². The molecule has 0 radical (unpaired) electrons. The monoisotopic (exact) mass is 390 g/mol. The number of aromatic nitrogens is 2. The number of aliphatic hydroxyl groups excluding tert-OH is 1. The molecule has 0 spiro atoms. The molecule has 1 aromatic carbocycles. The number of rotatable bonds is 7. The van der Waals surface area contributed by atoms with Crippen molar-refractivity contribution in [1.82, 2.24) is 14.9 Å². The number of benzene rings is 1. The van der Waals surface area contributed by atoms with E-state index < -0.39 is 30.4 Å². The van der Waals surface area contributed by atoms with Gasteiger partial charge in [0, 0.05) is 12.4 Å².